The molecule has 0 aliphatic heterocycles. The standard InChI is InChI=1S/C38H52O7/c1-11-26(34(12-2)41-6)18-30-21-32(37(44-9)23-35(30)42-7)28-15-16-29(20-28)33-22-31(36(43-8)24-38(33)45-10)19-27(25(3)40-5)14-13-17-39-4/h11,14,21-24,28-29H,1,3,12-13,15-20H2,2,4-10H3/b27-14-,34-26-. The molecule has 1 fully saturated rings. The van der Waals surface area contributed by atoms with Crippen molar-refractivity contribution < 1.29 is 33.2 Å². The van der Waals surface area contributed by atoms with E-state index in [-0.39, 0.29) is 0 Å². The summed E-state index contributed by atoms with van der Waals surface area (Å²) in [6.07, 6.45) is 9.89. The molecular weight excluding hydrogens is 568 g/mol. The first-order valence-corrected chi connectivity index (χ1v) is 15.6. The van der Waals surface area contributed by atoms with Gasteiger partial charge in [-0.2, -0.15) is 0 Å². The van der Waals surface area contributed by atoms with Gasteiger partial charge in [-0.05, 0) is 83.1 Å². The van der Waals surface area contributed by atoms with Crippen LogP contribution in [-0.2, 0) is 27.1 Å². The zero-order valence-electron chi connectivity index (χ0n) is 28.5. The third-order valence-electron chi connectivity index (χ3n) is 8.83. The fourth-order valence-corrected chi connectivity index (χ4v) is 6.41. The molecule has 1 aliphatic carbocycles. The van der Waals surface area contributed by atoms with Gasteiger partial charge in [-0.3, -0.25) is 0 Å². The lowest BCUT2D eigenvalue weighted by Crippen LogP contribution is -2.06. The fraction of sp³-hybridized carbons (Fsp3) is 0.474. The zero-order valence-corrected chi connectivity index (χ0v) is 28.5. The van der Waals surface area contributed by atoms with Crippen molar-refractivity contribution in [1.82, 2.24) is 0 Å². The summed E-state index contributed by atoms with van der Waals surface area (Å²) in [5.41, 5.74) is 6.61. The van der Waals surface area contributed by atoms with Crippen molar-refractivity contribution in [3.63, 3.8) is 0 Å². The molecule has 7 nitrogen and oxygen atoms in total. The minimum Gasteiger partial charge on any atom is -0.501 e. The summed E-state index contributed by atoms with van der Waals surface area (Å²) in [6, 6.07) is 8.52. The summed E-state index contributed by atoms with van der Waals surface area (Å²) in [5.74, 6) is 5.45. The lowest BCUT2D eigenvalue weighted by Gasteiger charge is -2.21. The summed E-state index contributed by atoms with van der Waals surface area (Å²) >= 11 is 0. The van der Waals surface area contributed by atoms with E-state index in [1.54, 1.807) is 49.8 Å². The number of benzene rings is 2. The Morgan fingerprint density at radius 1 is 0.756 bits per heavy atom. The van der Waals surface area contributed by atoms with Crippen LogP contribution in [-0.4, -0.2) is 56.4 Å². The van der Waals surface area contributed by atoms with Crippen molar-refractivity contribution in [2.45, 2.75) is 63.7 Å². The maximum atomic E-state index is 5.92. The van der Waals surface area contributed by atoms with Gasteiger partial charge in [0, 0.05) is 45.1 Å². The van der Waals surface area contributed by atoms with Gasteiger partial charge in [0.15, 0.2) is 0 Å². The molecule has 246 valence electrons. The molecule has 1 saturated carbocycles. The Balaban J connectivity index is 2.00. The van der Waals surface area contributed by atoms with Gasteiger partial charge in [0.25, 0.3) is 0 Å². The Morgan fingerprint density at radius 3 is 1.71 bits per heavy atom. The lowest BCUT2D eigenvalue weighted by molar-refractivity contribution is 0.204. The van der Waals surface area contributed by atoms with Gasteiger partial charge in [0.05, 0.1) is 48.4 Å². The van der Waals surface area contributed by atoms with Crippen LogP contribution in [0.4, 0.5) is 0 Å². The second-order valence-electron chi connectivity index (χ2n) is 11.2. The van der Waals surface area contributed by atoms with Crippen molar-refractivity contribution in [1.29, 1.82) is 0 Å². The Morgan fingerprint density at radius 2 is 1.29 bits per heavy atom. The molecule has 2 aromatic carbocycles. The largest absolute Gasteiger partial charge is 0.501 e. The molecule has 2 aromatic rings. The SMILES string of the molecule is C=C/C(Cc1cc(C2CCC(c3cc(C/C(=C/CCOC)C(=C)OC)c(OC)cc3OC)C2)c(OC)cc1OC)=C(\CC)OC. The number of hydrogen-bond donors (Lipinski definition) is 0. The highest BCUT2D eigenvalue weighted by Gasteiger charge is 2.32. The number of hydrogen-bond acceptors (Lipinski definition) is 7. The average Bonchev–Trinajstić information content (AvgIpc) is 3.57. The van der Waals surface area contributed by atoms with E-state index in [4.69, 9.17) is 33.2 Å². The van der Waals surface area contributed by atoms with E-state index in [0.717, 1.165) is 83.1 Å². The average molecular weight is 621 g/mol. The van der Waals surface area contributed by atoms with Crippen LogP contribution < -0.4 is 18.9 Å². The third-order valence-corrected chi connectivity index (χ3v) is 8.83. The lowest BCUT2D eigenvalue weighted by atomic mass is 9.88. The Hall–Kier alpha value is -3.84. The second kappa shape index (κ2) is 17.6. The summed E-state index contributed by atoms with van der Waals surface area (Å²) in [4.78, 5) is 0. The predicted molar refractivity (Wildman–Crippen MR) is 181 cm³/mol. The monoisotopic (exact) mass is 620 g/mol. The van der Waals surface area contributed by atoms with Gasteiger partial charge in [-0.1, -0.05) is 32.2 Å². The van der Waals surface area contributed by atoms with E-state index >= 15 is 0 Å². The van der Waals surface area contributed by atoms with Crippen LogP contribution in [0.15, 0.2) is 72.2 Å². The van der Waals surface area contributed by atoms with Crippen molar-refractivity contribution in [3.8, 4) is 23.0 Å². The molecule has 0 bridgehead atoms. The van der Waals surface area contributed by atoms with Gasteiger partial charge in [-0.25, -0.2) is 0 Å². The molecule has 3 rings (SSSR count). The van der Waals surface area contributed by atoms with Gasteiger partial charge in [0.1, 0.15) is 28.8 Å². The molecule has 0 N–H and O–H groups in total. The van der Waals surface area contributed by atoms with Crippen LogP contribution in [0.25, 0.3) is 0 Å². The van der Waals surface area contributed by atoms with Crippen molar-refractivity contribution in [3.05, 3.63) is 94.5 Å². The summed E-state index contributed by atoms with van der Waals surface area (Å²) < 4.78 is 39.9. The van der Waals surface area contributed by atoms with Crippen LogP contribution in [0.5, 0.6) is 23.0 Å². The molecule has 0 saturated heterocycles. The highest BCUT2D eigenvalue weighted by molar-refractivity contribution is 5.53. The van der Waals surface area contributed by atoms with E-state index in [1.165, 1.54) is 11.1 Å². The molecule has 0 heterocycles. The summed E-state index contributed by atoms with van der Waals surface area (Å²) in [5, 5.41) is 0. The molecule has 2 atom stereocenters. The second-order valence-corrected chi connectivity index (χ2v) is 11.2. The van der Waals surface area contributed by atoms with Crippen LogP contribution in [0.2, 0.25) is 0 Å². The minimum atomic E-state index is 0.306. The molecule has 0 spiro atoms. The molecule has 0 aromatic heterocycles. The molecule has 2 unspecified atom stereocenters. The van der Waals surface area contributed by atoms with Crippen molar-refractivity contribution in [2.75, 3.05) is 56.4 Å². The molecule has 7 heteroatoms. The maximum Gasteiger partial charge on any atom is 0.126 e. The summed E-state index contributed by atoms with van der Waals surface area (Å²) in [7, 11) is 11.9. The predicted octanol–water partition coefficient (Wildman–Crippen LogP) is 8.48. The quantitative estimate of drug-likeness (QED) is 0.0941. The number of methoxy groups -OCH3 is 7. The first kappa shape index (κ1) is 35.6. The van der Waals surface area contributed by atoms with Crippen molar-refractivity contribution in [2.24, 2.45) is 0 Å². The first-order chi connectivity index (χ1) is 21.8. The van der Waals surface area contributed by atoms with Gasteiger partial charge >= 0.3 is 0 Å². The highest BCUT2D eigenvalue weighted by Crippen LogP contribution is 2.50. The Kier molecular flexibility index (Phi) is 13.9. The van der Waals surface area contributed by atoms with Gasteiger partial charge < -0.3 is 33.2 Å². The fourth-order valence-electron chi connectivity index (χ4n) is 6.41. The Labute approximate surface area is 270 Å². The van der Waals surface area contributed by atoms with E-state index in [2.05, 4.69) is 38.3 Å². The maximum absolute atomic E-state index is 5.92. The van der Waals surface area contributed by atoms with Crippen LogP contribution in [0.1, 0.15) is 73.1 Å². The van der Waals surface area contributed by atoms with Gasteiger partial charge in [0.2, 0.25) is 0 Å². The van der Waals surface area contributed by atoms with E-state index in [9.17, 15) is 0 Å². The van der Waals surface area contributed by atoms with Crippen LogP contribution in [0, 0.1) is 0 Å². The Bertz CT molecular complexity index is 1360. The molecule has 1 aliphatic rings. The van der Waals surface area contributed by atoms with E-state index < -0.39 is 0 Å². The highest BCUT2D eigenvalue weighted by atomic mass is 16.5. The minimum absolute atomic E-state index is 0.306. The van der Waals surface area contributed by atoms with E-state index in [1.807, 2.05) is 18.2 Å². The molecule has 45 heavy (non-hydrogen) atoms. The number of allylic oxidation sites excluding steroid dienone is 4. The normalized spacial score (nSPS) is 16.9. The van der Waals surface area contributed by atoms with Crippen molar-refractivity contribution >= 4 is 0 Å². The molecule has 0 amide bonds. The third kappa shape index (κ3) is 8.66. The number of ether oxygens (including phenoxy) is 7. The smallest absolute Gasteiger partial charge is 0.126 e. The van der Waals surface area contributed by atoms with E-state index in [0.29, 0.717) is 37.0 Å². The molecule has 0 radical (unpaired) electrons. The van der Waals surface area contributed by atoms with Crippen LogP contribution in [0.3, 0.4) is 0 Å². The van der Waals surface area contributed by atoms with Gasteiger partial charge in [-0.15, -0.1) is 0 Å². The number of rotatable bonds is 18. The molecular formula is C38H52O7. The summed E-state index contributed by atoms with van der Waals surface area (Å²) in [6.45, 7) is 10.9. The first-order valence-electron chi connectivity index (χ1n) is 15.6. The van der Waals surface area contributed by atoms with Crippen LogP contribution >= 0.6 is 0 Å². The topological polar surface area (TPSA) is 64.6 Å². The zero-order chi connectivity index (χ0) is 32.9.